The summed E-state index contributed by atoms with van der Waals surface area (Å²) in [4.78, 5) is 23.4. The maximum atomic E-state index is 12.4. The lowest BCUT2D eigenvalue weighted by molar-refractivity contribution is -0.118. The zero-order chi connectivity index (χ0) is 15.7. The van der Waals surface area contributed by atoms with Gasteiger partial charge in [-0.25, -0.2) is 0 Å². The molecule has 22 heavy (non-hydrogen) atoms. The standard InChI is InChI=1S/C17H14O5/c1-10-6-13(21-9-11(2)18)8-14-16(10)17(19)15(22-14)7-12-4-3-5-20-12/h3-8H,9H2,1-2H3/b15-7-. The number of carbonyl (C=O) groups is 2. The third-order valence-corrected chi connectivity index (χ3v) is 3.20. The molecule has 112 valence electrons. The Labute approximate surface area is 127 Å². The second kappa shape index (κ2) is 5.52. The quantitative estimate of drug-likeness (QED) is 0.811. The molecule has 5 nitrogen and oxygen atoms in total. The molecule has 1 aromatic carbocycles. The monoisotopic (exact) mass is 298 g/mol. The molecule has 0 saturated heterocycles. The summed E-state index contributed by atoms with van der Waals surface area (Å²) in [6.45, 7) is 3.24. The number of allylic oxidation sites excluding steroid dienone is 1. The van der Waals surface area contributed by atoms with Crippen molar-refractivity contribution in [3.63, 3.8) is 0 Å². The minimum atomic E-state index is -0.193. The van der Waals surface area contributed by atoms with Gasteiger partial charge < -0.3 is 13.9 Å². The number of ether oxygens (including phenoxy) is 2. The van der Waals surface area contributed by atoms with Gasteiger partial charge in [-0.1, -0.05) is 0 Å². The summed E-state index contributed by atoms with van der Waals surface area (Å²) in [6.07, 6.45) is 3.08. The van der Waals surface area contributed by atoms with Crippen LogP contribution in [0.5, 0.6) is 11.5 Å². The van der Waals surface area contributed by atoms with Crippen molar-refractivity contribution in [1.82, 2.24) is 0 Å². The van der Waals surface area contributed by atoms with Crippen LogP contribution < -0.4 is 9.47 Å². The fraction of sp³-hybridized carbons (Fsp3) is 0.176. The van der Waals surface area contributed by atoms with E-state index in [1.54, 1.807) is 37.3 Å². The van der Waals surface area contributed by atoms with Crippen molar-refractivity contribution in [1.29, 1.82) is 0 Å². The van der Waals surface area contributed by atoms with Crippen molar-refractivity contribution in [2.24, 2.45) is 0 Å². The Balaban J connectivity index is 1.91. The second-order valence-electron chi connectivity index (χ2n) is 5.06. The van der Waals surface area contributed by atoms with Gasteiger partial charge in [0, 0.05) is 12.1 Å². The predicted molar refractivity (Wildman–Crippen MR) is 79.0 cm³/mol. The lowest BCUT2D eigenvalue weighted by Gasteiger charge is -2.07. The van der Waals surface area contributed by atoms with Crippen LogP contribution in [0.2, 0.25) is 0 Å². The number of carbonyl (C=O) groups excluding carboxylic acids is 2. The van der Waals surface area contributed by atoms with E-state index in [0.717, 1.165) is 5.56 Å². The summed E-state index contributed by atoms with van der Waals surface area (Å²) < 4.78 is 16.2. The molecule has 0 aliphatic carbocycles. The lowest BCUT2D eigenvalue weighted by atomic mass is 10.0. The van der Waals surface area contributed by atoms with E-state index in [0.29, 0.717) is 22.8 Å². The topological polar surface area (TPSA) is 65.7 Å². The van der Waals surface area contributed by atoms with Gasteiger partial charge >= 0.3 is 0 Å². The van der Waals surface area contributed by atoms with E-state index >= 15 is 0 Å². The molecule has 0 spiro atoms. The molecule has 0 unspecified atom stereocenters. The molecule has 0 amide bonds. The highest BCUT2D eigenvalue weighted by atomic mass is 16.5. The maximum Gasteiger partial charge on any atom is 0.232 e. The molecule has 1 aliphatic rings. The predicted octanol–water partition coefficient (Wildman–Crippen LogP) is 3.17. The minimum Gasteiger partial charge on any atom is -0.486 e. The first-order valence-corrected chi connectivity index (χ1v) is 6.79. The molecule has 0 N–H and O–H groups in total. The van der Waals surface area contributed by atoms with Crippen molar-refractivity contribution < 1.29 is 23.5 Å². The summed E-state index contributed by atoms with van der Waals surface area (Å²) in [6, 6.07) is 6.81. The molecule has 1 aromatic heterocycles. The van der Waals surface area contributed by atoms with Gasteiger partial charge in [0.1, 0.15) is 23.9 Å². The van der Waals surface area contributed by atoms with Crippen molar-refractivity contribution in [3.8, 4) is 11.5 Å². The number of furan rings is 1. The van der Waals surface area contributed by atoms with Crippen LogP contribution in [-0.2, 0) is 4.79 Å². The van der Waals surface area contributed by atoms with Gasteiger partial charge in [0.2, 0.25) is 5.78 Å². The molecule has 1 aliphatic heterocycles. The molecule has 0 atom stereocenters. The average Bonchev–Trinajstić information content (AvgIpc) is 3.06. The van der Waals surface area contributed by atoms with Crippen LogP contribution in [0.15, 0.2) is 40.7 Å². The van der Waals surface area contributed by atoms with Crippen LogP contribution in [0, 0.1) is 6.92 Å². The van der Waals surface area contributed by atoms with E-state index in [2.05, 4.69) is 0 Å². The van der Waals surface area contributed by atoms with E-state index in [-0.39, 0.29) is 23.9 Å². The smallest absolute Gasteiger partial charge is 0.232 e. The van der Waals surface area contributed by atoms with Gasteiger partial charge in [-0.3, -0.25) is 9.59 Å². The second-order valence-corrected chi connectivity index (χ2v) is 5.06. The molecule has 0 radical (unpaired) electrons. The highest BCUT2D eigenvalue weighted by Gasteiger charge is 2.30. The number of benzene rings is 1. The van der Waals surface area contributed by atoms with E-state index in [1.807, 2.05) is 0 Å². The van der Waals surface area contributed by atoms with Crippen LogP contribution in [-0.4, -0.2) is 18.2 Å². The van der Waals surface area contributed by atoms with E-state index in [9.17, 15) is 9.59 Å². The normalized spacial score (nSPS) is 14.8. The SMILES string of the molecule is CC(=O)COc1cc(C)c2c(c1)O/C(=C\c1ccco1)C2=O. The molecular weight excluding hydrogens is 284 g/mol. The molecule has 2 aromatic rings. The van der Waals surface area contributed by atoms with Crippen LogP contribution in [0.25, 0.3) is 6.08 Å². The van der Waals surface area contributed by atoms with E-state index in [4.69, 9.17) is 13.9 Å². The number of hydrogen-bond acceptors (Lipinski definition) is 5. The number of fused-ring (bicyclic) bond motifs is 1. The third kappa shape index (κ3) is 2.65. The Hall–Kier alpha value is -2.82. The molecule has 2 heterocycles. The van der Waals surface area contributed by atoms with Crippen molar-refractivity contribution >= 4 is 17.6 Å². The summed E-state index contributed by atoms with van der Waals surface area (Å²) in [7, 11) is 0. The van der Waals surface area contributed by atoms with Gasteiger partial charge in [0.15, 0.2) is 11.5 Å². The Bertz CT molecular complexity index is 769. The molecular formula is C17H14O5. The van der Waals surface area contributed by atoms with Crippen LogP contribution >= 0.6 is 0 Å². The van der Waals surface area contributed by atoms with Gasteiger partial charge in [-0.05, 0) is 37.6 Å². The molecule has 5 heteroatoms. The fourth-order valence-electron chi connectivity index (χ4n) is 2.25. The Kier molecular flexibility index (Phi) is 3.55. The van der Waals surface area contributed by atoms with Gasteiger partial charge in [-0.2, -0.15) is 0 Å². The van der Waals surface area contributed by atoms with Crippen LogP contribution in [0.3, 0.4) is 0 Å². The maximum absolute atomic E-state index is 12.4. The van der Waals surface area contributed by atoms with Gasteiger partial charge in [-0.15, -0.1) is 0 Å². The van der Waals surface area contributed by atoms with Crippen LogP contribution in [0.1, 0.15) is 28.6 Å². The third-order valence-electron chi connectivity index (χ3n) is 3.20. The minimum absolute atomic E-state index is 0.0126. The summed E-state index contributed by atoms with van der Waals surface area (Å²) in [5.74, 6) is 1.41. The Morgan fingerprint density at radius 3 is 2.86 bits per heavy atom. The first-order chi connectivity index (χ1) is 10.5. The first-order valence-electron chi connectivity index (χ1n) is 6.79. The summed E-state index contributed by atoms with van der Waals surface area (Å²) in [5.41, 5.74) is 1.25. The fourth-order valence-corrected chi connectivity index (χ4v) is 2.25. The van der Waals surface area contributed by atoms with E-state index in [1.165, 1.54) is 13.2 Å². The summed E-state index contributed by atoms with van der Waals surface area (Å²) >= 11 is 0. The number of Topliss-reactive ketones (excluding diaryl/α,β-unsaturated/α-hetero) is 2. The van der Waals surface area contributed by atoms with E-state index < -0.39 is 0 Å². The number of ketones is 2. The zero-order valence-corrected chi connectivity index (χ0v) is 12.2. The molecule has 0 fully saturated rings. The molecule has 3 rings (SSSR count). The average molecular weight is 298 g/mol. The van der Waals surface area contributed by atoms with Crippen molar-refractivity contribution in [2.45, 2.75) is 13.8 Å². The number of rotatable bonds is 4. The van der Waals surface area contributed by atoms with Crippen molar-refractivity contribution in [3.05, 3.63) is 53.2 Å². The van der Waals surface area contributed by atoms with Crippen LogP contribution in [0.4, 0.5) is 0 Å². The zero-order valence-electron chi connectivity index (χ0n) is 12.2. The molecule has 0 saturated carbocycles. The van der Waals surface area contributed by atoms with Gasteiger partial charge in [0.25, 0.3) is 0 Å². The number of hydrogen-bond donors (Lipinski definition) is 0. The molecule has 0 bridgehead atoms. The Morgan fingerprint density at radius 1 is 1.36 bits per heavy atom. The Morgan fingerprint density at radius 2 is 2.18 bits per heavy atom. The van der Waals surface area contributed by atoms with Crippen molar-refractivity contribution in [2.75, 3.05) is 6.61 Å². The van der Waals surface area contributed by atoms with Gasteiger partial charge in [0.05, 0.1) is 11.8 Å². The largest absolute Gasteiger partial charge is 0.486 e. The number of aryl methyl sites for hydroxylation is 1. The first kappa shape index (κ1) is 14.1. The highest BCUT2D eigenvalue weighted by molar-refractivity contribution is 6.15. The summed E-state index contributed by atoms with van der Waals surface area (Å²) in [5, 5.41) is 0. The lowest BCUT2D eigenvalue weighted by Crippen LogP contribution is -2.06. The highest BCUT2D eigenvalue weighted by Crippen LogP contribution is 2.37.